The van der Waals surface area contributed by atoms with Crippen molar-refractivity contribution < 1.29 is 0 Å². The molecule has 0 atom stereocenters. The summed E-state index contributed by atoms with van der Waals surface area (Å²) in [5.74, 6) is 0.944. The quantitative estimate of drug-likeness (QED) is 0.694. The first-order valence-corrected chi connectivity index (χ1v) is 3.77. The summed E-state index contributed by atoms with van der Waals surface area (Å²) in [5, 5.41) is 3.04. The number of aryl methyl sites for hydroxylation is 1. The van der Waals surface area contributed by atoms with E-state index in [1.165, 1.54) is 5.56 Å². The average molecular weight is 151 g/mol. The van der Waals surface area contributed by atoms with E-state index >= 15 is 0 Å². The van der Waals surface area contributed by atoms with E-state index in [-0.39, 0.29) is 0 Å². The lowest BCUT2D eigenvalue weighted by Crippen LogP contribution is -2.01. The lowest BCUT2D eigenvalue weighted by atomic mass is 10.2. The third-order valence-electron chi connectivity index (χ3n) is 1.75. The molecule has 3 heteroatoms. The molecule has 0 fully saturated rings. The van der Waals surface area contributed by atoms with Crippen LogP contribution in [0.3, 0.4) is 0 Å². The molecule has 1 aromatic heterocycles. The fourth-order valence-electron chi connectivity index (χ4n) is 1.14. The largest absolute Gasteiger partial charge is 0.373 e. The molecule has 0 radical (unpaired) electrons. The van der Waals surface area contributed by atoms with Gasteiger partial charge in [0.2, 0.25) is 0 Å². The third-order valence-corrected chi connectivity index (χ3v) is 1.75. The smallest absolute Gasteiger partial charge is 0.132 e. The first kappa shape index (κ1) is 7.98. The summed E-state index contributed by atoms with van der Waals surface area (Å²) in [4.78, 5) is 8.21. The van der Waals surface area contributed by atoms with Crippen LogP contribution in [0.1, 0.15) is 18.2 Å². The molecule has 1 rings (SSSR count). The van der Waals surface area contributed by atoms with Gasteiger partial charge in [-0.25, -0.2) is 9.97 Å². The molecule has 0 aromatic carbocycles. The van der Waals surface area contributed by atoms with Gasteiger partial charge in [0.25, 0.3) is 0 Å². The molecular formula is C8H13N3. The maximum Gasteiger partial charge on any atom is 0.132 e. The van der Waals surface area contributed by atoms with Crippen molar-refractivity contribution >= 4 is 5.82 Å². The standard InChI is InChI=1S/C8H13N3/c1-4-7-6(2)10-5-11-8(7)9-3/h5H,4H2,1-3H3,(H,9,10,11). The maximum atomic E-state index is 4.11. The lowest BCUT2D eigenvalue weighted by Gasteiger charge is -2.06. The van der Waals surface area contributed by atoms with Crippen molar-refractivity contribution in [2.24, 2.45) is 0 Å². The molecule has 60 valence electrons. The third kappa shape index (κ3) is 1.48. The van der Waals surface area contributed by atoms with Crippen LogP contribution in [0.2, 0.25) is 0 Å². The van der Waals surface area contributed by atoms with Gasteiger partial charge in [-0.1, -0.05) is 6.92 Å². The zero-order valence-corrected chi connectivity index (χ0v) is 7.18. The zero-order chi connectivity index (χ0) is 8.27. The Morgan fingerprint density at radius 3 is 2.64 bits per heavy atom. The van der Waals surface area contributed by atoms with Crippen LogP contribution >= 0.6 is 0 Å². The number of hydrogen-bond donors (Lipinski definition) is 1. The van der Waals surface area contributed by atoms with E-state index in [1.807, 2.05) is 14.0 Å². The monoisotopic (exact) mass is 151 g/mol. The highest BCUT2D eigenvalue weighted by Gasteiger charge is 2.02. The minimum Gasteiger partial charge on any atom is -0.373 e. The molecule has 1 aromatic rings. The summed E-state index contributed by atoms with van der Waals surface area (Å²) in [6.07, 6.45) is 2.56. The van der Waals surface area contributed by atoms with Gasteiger partial charge in [-0.2, -0.15) is 0 Å². The van der Waals surface area contributed by atoms with Crippen LogP contribution in [0.5, 0.6) is 0 Å². The molecule has 1 heterocycles. The summed E-state index contributed by atoms with van der Waals surface area (Å²) in [5.41, 5.74) is 2.27. The first-order valence-electron chi connectivity index (χ1n) is 3.77. The van der Waals surface area contributed by atoms with Gasteiger partial charge in [0.05, 0.1) is 0 Å². The van der Waals surface area contributed by atoms with E-state index in [1.54, 1.807) is 6.33 Å². The minimum atomic E-state index is 0.944. The van der Waals surface area contributed by atoms with Crippen molar-refractivity contribution in [2.45, 2.75) is 20.3 Å². The Morgan fingerprint density at radius 2 is 2.18 bits per heavy atom. The first-order chi connectivity index (χ1) is 5.29. The number of anilines is 1. The van der Waals surface area contributed by atoms with Crippen molar-refractivity contribution in [2.75, 3.05) is 12.4 Å². The Morgan fingerprint density at radius 1 is 1.45 bits per heavy atom. The van der Waals surface area contributed by atoms with Crippen molar-refractivity contribution in [1.82, 2.24) is 9.97 Å². The van der Waals surface area contributed by atoms with Gasteiger partial charge in [0.1, 0.15) is 12.1 Å². The van der Waals surface area contributed by atoms with Crippen LogP contribution in [-0.4, -0.2) is 17.0 Å². The second-order valence-corrected chi connectivity index (χ2v) is 2.39. The highest BCUT2D eigenvalue weighted by Crippen LogP contribution is 2.13. The van der Waals surface area contributed by atoms with Crippen LogP contribution < -0.4 is 5.32 Å². The molecular weight excluding hydrogens is 138 g/mol. The average Bonchev–Trinajstić information content (AvgIpc) is 2.04. The van der Waals surface area contributed by atoms with Crippen LogP contribution in [0, 0.1) is 6.92 Å². The molecule has 11 heavy (non-hydrogen) atoms. The van der Waals surface area contributed by atoms with Crippen molar-refractivity contribution in [3.63, 3.8) is 0 Å². The molecule has 0 saturated heterocycles. The predicted octanol–water partition coefficient (Wildman–Crippen LogP) is 1.39. The molecule has 0 saturated carbocycles. The summed E-state index contributed by atoms with van der Waals surface area (Å²) < 4.78 is 0. The maximum absolute atomic E-state index is 4.11. The Kier molecular flexibility index (Phi) is 2.41. The van der Waals surface area contributed by atoms with Crippen LogP contribution in [0.4, 0.5) is 5.82 Å². The van der Waals surface area contributed by atoms with Gasteiger partial charge < -0.3 is 5.32 Å². The highest BCUT2D eigenvalue weighted by atomic mass is 15.0. The van der Waals surface area contributed by atoms with Crippen molar-refractivity contribution in [1.29, 1.82) is 0 Å². The SMILES string of the molecule is CCc1c(C)ncnc1NC. The number of hydrogen-bond acceptors (Lipinski definition) is 3. The van der Waals surface area contributed by atoms with Crippen molar-refractivity contribution in [3.8, 4) is 0 Å². The number of aromatic nitrogens is 2. The minimum absolute atomic E-state index is 0.944. The lowest BCUT2D eigenvalue weighted by molar-refractivity contribution is 0.996. The van der Waals surface area contributed by atoms with Gasteiger partial charge in [0, 0.05) is 18.3 Å². The molecule has 0 bridgehead atoms. The Bertz CT molecular complexity index is 245. The summed E-state index contributed by atoms with van der Waals surface area (Å²) in [6.45, 7) is 4.11. The molecule has 0 aliphatic carbocycles. The van der Waals surface area contributed by atoms with Crippen LogP contribution in [-0.2, 0) is 6.42 Å². The summed E-state index contributed by atoms with van der Waals surface area (Å²) in [6, 6.07) is 0. The van der Waals surface area contributed by atoms with E-state index in [9.17, 15) is 0 Å². The van der Waals surface area contributed by atoms with Gasteiger partial charge in [0.15, 0.2) is 0 Å². The van der Waals surface area contributed by atoms with E-state index in [4.69, 9.17) is 0 Å². The molecule has 0 spiro atoms. The zero-order valence-electron chi connectivity index (χ0n) is 7.18. The van der Waals surface area contributed by atoms with E-state index in [0.717, 1.165) is 17.9 Å². The van der Waals surface area contributed by atoms with Gasteiger partial charge in [-0.3, -0.25) is 0 Å². The van der Waals surface area contributed by atoms with Gasteiger partial charge in [-0.05, 0) is 13.3 Å². The summed E-state index contributed by atoms with van der Waals surface area (Å²) >= 11 is 0. The van der Waals surface area contributed by atoms with Gasteiger partial charge >= 0.3 is 0 Å². The van der Waals surface area contributed by atoms with Crippen molar-refractivity contribution in [3.05, 3.63) is 17.6 Å². The topological polar surface area (TPSA) is 37.8 Å². The second-order valence-electron chi connectivity index (χ2n) is 2.39. The molecule has 0 aliphatic heterocycles. The van der Waals surface area contributed by atoms with E-state index < -0.39 is 0 Å². The molecule has 1 N–H and O–H groups in total. The molecule has 0 amide bonds. The molecule has 0 unspecified atom stereocenters. The number of nitrogens with zero attached hydrogens (tertiary/aromatic N) is 2. The second kappa shape index (κ2) is 3.32. The normalized spacial score (nSPS) is 9.73. The Balaban J connectivity index is 3.13. The van der Waals surface area contributed by atoms with E-state index in [0.29, 0.717) is 0 Å². The Labute approximate surface area is 66.9 Å². The summed E-state index contributed by atoms with van der Waals surface area (Å²) in [7, 11) is 1.88. The number of rotatable bonds is 2. The van der Waals surface area contributed by atoms with Crippen LogP contribution in [0.15, 0.2) is 6.33 Å². The molecule has 0 aliphatic rings. The fraction of sp³-hybridized carbons (Fsp3) is 0.500. The molecule has 3 nitrogen and oxygen atoms in total. The Hall–Kier alpha value is -1.12. The van der Waals surface area contributed by atoms with Gasteiger partial charge in [-0.15, -0.1) is 0 Å². The van der Waals surface area contributed by atoms with E-state index in [2.05, 4.69) is 22.2 Å². The van der Waals surface area contributed by atoms with Crippen LogP contribution in [0.25, 0.3) is 0 Å². The number of nitrogens with one attached hydrogen (secondary N) is 1. The predicted molar refractivity (Wildman–Crippen MR) is 45.7 cm³/mol. The highest BCUT2D eigenvalue weighted by molar-refractivity contribution is 5.44. The fourth-order valence-corrected chi connectivity index (χ4v) is 1.14.